The molecule has 0 aromatic heterocycles. The first-order chi connectivity index (χ1) is 15.2. The molecule has 1 saturated carbocycles. The van der Waals surface area contributed by atoms with E-state index in [0.717, 1.165) is 36.8 Å². The molecule has 1 heteroatoms. The summed E-state index contributed by atoms with van der Waals surface area (Å²) in [6, 6.07) is 14.9. The molecule has 1 aliphatic rings. The van der Waals surface area contributed by atoms with E-state index in [0.29, 0.717) is 11.8 Å². The minimum absolute atomic E-state index is 0.0885. The number of hydrogen-bond donors (Lipinski definition) is 0. The lowest BCUT2D eigenvalue weighted by Gasteiger charge is -2.26. The van der Waals surface area contributed by atoms with Crippen molar-refractivity contribution in [3.05, 3.63) is 70.5 Å². The Bertz CT molecular complexity index is 844. The fourth-order valence-corrected chi connectivity index (χ4v) is 4.66. The molecule has 31 heavy (non-hydrogen) atoms. The van der Waals surface area contributed by atoms with Crippen molar-refractivity contribution in [1.82, 2.24) is 0 Å². The largest absolute Gasteiger partial charge is 0.207 e. The highest BCUT2D eigenvalue weighted by Crippen LogP contribution is 2.35. The Kier molecular flexibility index (Phi) is 9.67. The Labute approximate surface area is 189 Å². The first-order valence-electron chi connectivity index (χ1n) is 12.6. The Morgan fingerprint density at radius 1 is 0.806 bits per heavy atom. The van der Waals surface area contributed by atoms with Gasteiger partial charge in [0.15, 0.2) is 0 Å². The number of halogens is 1. The van der Waals surface area contributed by atoms with Gasteiger partial charge in [0.25, 0.3) is 0 Å². The fraction of sp³-hybridized carbons (Fsp3) is 0.533. The van der Waals surface area contributed by atoms with Gasteiger partial charge in [-0.3, -0.25) is 0 Å². The molecule has 0 aliphatic heterocycles. The molecule has 3 rings (SSSR count). The molecule has 1 aliphatic carbocycles. The van der Waals surface area contributed by atoms with Crippen LogP contribution >= 0.6 is 0 Å². The van der Waals surface area contributed by atoms with Gasteiger partial charge < -0.3 is 0 Å². The smallest absolute Gasteiger partial charge is 0.127 e. The summed E-state index contributed by atoms with van der Waals surface area (Å²) in [4.78, 5) is 0. The van der Waals surface area contributed by atoms with Gasteiger partial charge in [0.1, 0.15) is 5.82 Å². The van der Waals surface area contributed by atoms with Crippen molar-refractivity contribution in [1.29, 1.82) is 0 Å². The standard InChI is InChI=1S/C30H39F/c1-3-5-7-8-10-29-22-17-26(23-30(29)31)12-11-25-15-20-28(21-16-25)27-18-13-24(14-19-27)9-6-4-2/h13-14,17-19,22-23,25,28H,3-10,15-16,20-21H2,1-2H3. The average molecular weight is 419 g/mol. The van der Waals surface area contributed by atoms with Crippen LogP contribution in [0.25, 0.3) is 0 Å². The van der Waals surface area contributed by atoms with E-state index >= 15 is 0 Å². The van der Waals surface area contributed by atoms with Crippen LogP contribution in [0, 0.1) is 23.6 Å². The second kappa shape index (κ2) is 12.7. The quantitative estimate of drug-likeness (QED) is 0.282. The summed E-state index contributed by atoms with van der Waals surface area (Å²) in [5.74, 6) is 7.70. The van der Waals surface area contributed by atoms with Crippen LogP contribution in [0.3, 0.4) is 0 Å². The lowest BCUT2D eigenvalue weighted by atomic mass is 9.78. The van der Waals surface area contributed by atoms with E-state index in [1.165, 1.54) is 62.5 Å². The molecule has 0 saturated heterocycles. The van der Waals surface area contributed by atoms with Crippen molar-refractivity contribution in [3.63, 3.8) is 0 Å². The van der Waals surface area contributed by atoms with Crippen molar-refractivity contribution in [2.24, 2.45) is 5.92 Å². The molecule has 0 amide bonds. The second-order valence-electron chi connectivity index (χ2n) is 9.28. The zero-order valence-corrected chi connectivity index (χ0v) is 19.6. The summed E-state index contributed by atoms with van der Waals surface area (Å²) in [7, 11) is 0. The molecule has 0 nitrogen and oxygen atoms in total. The molecule has 2 aromatic carbocycles. The van der Waals surface area contributed by atoms with Crippen molar-refractivity contribution >= 4 is 0 Å². The molecule has 0 spiro atoms. The molecule has 166 valence electrons. The predicted octanol–water partition coefficient (Wildman–Crippen LogP) is 8.62. The molecular weight excluding hydrogens is 379 g/mol. The average Bonchev–Trinajstić information content (AvgIpc) is 2.81. The monoisotopic (exact) mass is 418 g/mol. The maximum Gasteiger partial charge on any atom is 0.127 e. The lowest BCUT2D eigenvalue weighted by molar-refractivity contribution is 0.384. The summed E-state index contributed by atoms with van der Waals surface area (Å²) >= 11 is 0. The minimum Gasteiger partial charge on any atom is -0.207 e. The van der Waals surface area contributed by atoms with Gasteiger partial charge >= 0.3 is 0 Å². The molecule has 0 bridgehead atoms. The van der Waals surface area contributed by atoms with Gasteiger partial charge in [0.2, 0.25) is 0 Å². The highest BCUT2D eigenvalue weighted by atomic mass is 19.1. The number of unbranched alkanes of at least 4 members (excludes halogenated alkanes) is 4. The van der Waals surface area contributed by atoms with E-state index in [2.05, 4.69) is 50.0 Å². The summed E-state index contributed by atoms with van der Waals surface area (Å²) in [6.07, 6.45) is 14.0. The van der Waals surface area contributed by atoms with Gasteiger partial charge in [-0.25, -0.2) is 4.39 Å². The highest BCUT2D eigenvalue weighted by molar-refractivity contribution is 5.37. The van der Waals surface area contributed by atoms with E-state index in [1.54, 1.807) is 6.07 Å². The topological polar surface area (TPSA) is 0 Å². The van der Waals surface area contributed by atoms with Crippen LogP contribution in [0.1, 0.15) is 106 Å². The first kappa shape index (κ1) is 23.6. The third-order valence-corrected chi connectivity index (χ3v) is 6.77. The summed E-state index contributed by atoms with van der Waals surface area (Å²) in [5.41, 5.74) is 4.61. The van der Waals surface area contributed by atoms with Crippen LogP contribution < -0.4 is 0 Å². The normalized spacial score (nSPS) is 18.4. The molecule has 2 aromatic rings. The number of benzene rings is 2. The van der Waals surface area contributed by atoms with E-state index in [9.17, 15) is 4.39 Å². The molecule has 0 unspecified atom stereocenters. The van der Waals surface area contributed by atoms with Crippen molar-refractivity contribution in [2.45, 2.75) is 96.8 Å². The Morgan fingerprint density at radius 2 is 1.55 bits per heavy atom. The first-order valence-corrected chi connectivity index (χ1v) is 12.6. The van der Waals surface area contributed by atoms with Crippen LogP contribution in [-0.2, 0) is 12.8 Å². The van der Waals surface area contributed by atoms with Crippen molar-refractivity contribution in [3.8, 4) is 11.8 Å². The van der Waals surface area contributed by atoms with Crippen molar-refractivity contribution < 1.29 is 4.39 Å². The number of hydrogen-bond acceptors (Lipinski definition) is 0. The Balaban J connectivity index is 1.48. The second-order valence-corrected chi connectivity index (χ2v) is 9.28. The summed E-state index contributed by atoms with van der Waals surface area (Å²) < 4.78 is 14.4. The Hall–Kier alpha value is -2.07. The summed E-state index contributed by atoms with van der Waals surface area (Å²) in [5, 5.41) is 0. The van der Waals surface area contributed by atoms with Crippen LogP contribution in [0.15, 0.2) is 42.5 Å². The zero-order chi connectivity index (χ0) is 21.9. The zero-order valence-electron chi connectivity index (χ0n) is 19.6. The van der Waals surface area contributed by atoms with Crippen LogP contribution in [0.5, 0.6) is 0 Å². The predicted molar refractivity (Wildman–Crippen MR) is 131 cm³/mol. The third kappa shape index (κ3) is 7.53. The van der Waals surface area contributed by atoms with Crippen LogP contribution in [0.4, 0.5) is 4.39 Å². The SMILES string of the molecule is CCCCCCc1ccc(C#CC2CCC(c3ccc(CCCC)cc3)CC2)cc1F. The fourth-order valence-electron chi connectivity index (χ4n) is 4.66. The third-order valence-electron chi connectivity index (χ3n) is 6.77. The van der Waals surface area contributed by atoms with E-state index in [1.807, 2.05) is 12.1 Å². The number of rotatable bonds is 9. The molecule has 0 N–H and O–H groups in total. The Morgan fingerprint density at radius 3 is 2.23 bits per heavy atom. The molecule has 0 heterocycles. The van der Waals surface area contributed by atoms with Crippen molar-refractivity contribution in [2.75, 3.05) is 0 Å². The number of aryl methyl sites for hydroxylation is 2. The van der Waals surface area contributed by atoms with E-state index in [4.69, 9.17) is 0 Å². The van der Waals surface area contributed by atoms with Gasteiger partial charge in [0, 0.05) is 11.5 Å². The van der Waals surface area contributed by atoms with Gasteiger partial charge in [-0.15, -0.1) is 0 Å². The van der Waals surface area contributed by atoms with E-state index in [-0.39, 0.29) is 5.82 Å². The van der Waals surface area contributed by atoms with Crippen LogP contribution in [-0.4, -0.2) is 0 Å². The lowest BCUT2D eigenvalue weighted by Crippen LogP contribution is -2.12. The van der Waals surface area contributed by atoms with Gasteiger partial charge in [-0.2, -0.15) is 0 Å². The van der Waals surface area contributed by atoms with Gasteiger partial charge in [-0.1, -0.05) is 81.7 Å². The summed E-state index contributed by atoms with van der Waals surface area (Å²) in [6.45, 7) is 4.45. The molecule has 0 atom stereocenters. The van der Waals surface area contributed by atoms with Gasteiger partial charge in [0.05, 0.1) is 0 Å². The molecule has 0 radical (unpaired) electrons. The van der Waals surface area contributed by atoms with E-state index < -0.39 is 0 Å². The highest BCUT2D eigenvalue weighted by Gasteiger charge is 2.21. The molecule has 1 fully saturated rings. The molecular formula is C30H39F. The minimum atomic E-state index is -0.0885. The van der Waals surface area contributed by atoms with Crippen LogP contribution in [0.2, 0.25) is 0 Å². The van der Waals surface area contributed by atoms with Gasteiger partial charge in [-0.05, 0) is 86.1 Å². The maximum atomic E-state index is 14.4. The maximum absolute atomic E-state index is 14.4.